The van der Waals surface area contributed by atoms with Gasteiger partial charge in [0.15, 0.2) is 0 Å². The second-order valence-corrected chi connectivity index (χ2v) is 32.7. The topological polar surface area (TPSA) is 657 Å². The zero-order chi connectivity index (χ0) is 89.6. The number of hydrogen-bond donors (Lipinski definition) is 22. The van der Waals surface area contributed by atoms with E-state index in [4.69, 9.17) is 17.2 Å². The predicted octanol–water partition coefficient (Wildman–Crippen LogP) is -3.05. The number of primary amides is 1. The molecule has 0 unspecified atom stereocenters. The second kappa shape index (κ2) is 47.0. The van der Waals surface area contributed by atoms with E-state index in [-0.39, 0.29) is 56.4 Å². The molecule has 41 nitrogen and oxygen atoms in total. The second-order valence-electron chi connectivity index (χ2n) is 30.2. The number of para-hydroxylation sites is 2. The highest BCUT2D eigenvalue weighted by Gasteiger charge is 2.43. The van der Waals surface area contributed by atoms with Crippen molar-refractivity contribution >= 4 is 150 Å². The van der Waals surface area contributed by atoms with Gasteiger partial charge in [0.25, 0.3) is 0 Å². The summed E-state index contributed by atoms with van der Waals surface area (Å²) >= 11 is 0. The third-order valence-electron chi connectivity index (χ3n) is 20.0. The predicted molar refractivity (Wildman–Crippen MR) is 444 cm³/mol. The van der Waals surface area contributed by atoms with E-state index in [1.807, 2.05) is 0 Å². The molecule has 25 N–H and O–H groups in total. The van der Waals surface area contributed by atoms with Gasteiger partial charge >= 0.3 is 17.9 Å². The number of carbonyl (C=O) groups excluding carboxylic acids is 15. The molecule has 2 fully saturated rings. The number of aromatic nitrogens is 2. The Morgan fingerprint density at radius 3 is 1.62 bits per heavy atom. The average Bonchev–Trinajstić information content (AvgIpc) is 1.64. The number of nitrogens with one attached hydrogen (secondary N) is 15. The fourth-order valence-corrected chi connectivity index (χ4v) is 15.7. The van der Waals surface area contributed by atoms with Crippen molar-refractivity contribution < 1.29 is 107 Å². The van der Waals surface area contributed by atoms with Gasteiger partial charge < -0.3 is 122 Å². The van der Waals surface area contributed by atoms with Gasteiger partial charge in [0.1, 0.15) is 84.3 Å². The Bertz CT molecular complexity index is 4620. The van der Waals surface area contributed by atoms with Gasteiger partial charge in [-0.2, -0.15) is 0 Å². The first-order valence-electron chi connectivity index (χ1n) is 39.6. The maximum absolute atomic E-state index is 15.3. The van der Waals surface area contributed by atoms with Crippen LogP contribution >= 0.6 is 21.6 Å². The number of carbonyl (C=O) groups is 18. The number of benzene rings is 3. The largest absolute Gasteiger partial charge is 0.508 e. The molecule has 122 heavy (non-hydrogen) atoms. The van der Waals surface area contributed by atoms with Crippen molar-refractivity contribution in [1.29, 1.82) is 0 Å². The summed E-state index contributed by atoms with van der Waals surface area (Å²) in [5.74, 6) is -22.3. The van der Waals surface area contributed by atoms with Gasteiger partial charge in [0.05, 0.1) is 19.0 Å². The lowest BCUT2D eigenvalue weighted by Crippen LogP contribution is -2.61. The molecule has 14 atom stereocenters. The summed E-state index contributed by atoms with van der Waals surface area (Å²) in [4.78, 5) is 261. The smallest absolute Gasteiger partial charge is 0.325 e. The van der Waals surface area contributed by atoms with Crippen molar-refractivity contribution in [2.75, 3.05) is 31.1 Å². The zero-order valence-corrected chi connectivity index (χ0v) is 69.4. The van der Waals surface area contributed by atoms with Crippen LogP contribution in [0.25, 0.3) is 21.8 Å². The standard InChI is InChI=1S/C79H107N19O22S2/c1-39(2)29-54-71(111)97-59(75(115)87-41(4)66(106)88-42(5)79(119)120)37-121-122-38-60(96-67(107)40(3)86-63(101)36-85-68(108)49(81)15-10-11-27-80)76(116)94-57(33-65(104)105)74(114)95-58(30-43-19-21-46(99)22-20-43)78(118)98-28-12-18-61(98)77(117)90-53(24-26-64(102)103)70(110)92-55(31-44-34-83-50-16-8-6-13-47(44)50)72(112)89-52(23-25-62(82)100)69(109)93-56(73(113)91-54)32-45-35-84-51-17-9-7-14-48(45)51/h6-9,13-14,16-17,19-22,34-35,39-42,49,52-61,83-84,99H,10-12,15,18,23-33,36-38,80-81H2,1-5H3,(H2,82,100)(H,85,108)(H,86,101)(H,87,115)(H,88,106)(H,89,112)(H,90,117)(H,91,113)(H,92,110)(H,93,109)(H,94,116)(H,95,114)(H,96,107)(H,97,111)(H,102,103)(H,104,105)(H,119,120)/t40-,41-,42-,49-,52-,53-,54-,55-,56-,57-,58-,59-,60-,61-/m1/s1. The van der Waals surface area contributed by atoms with Gasteiger partial charge in [0.2, 0.25) is 88.6 Å². The lowest BCUT2D eigenvalue weighted by molar-refractivity contribution is -0.144. The summed E-state index contributed by atoms with van der Waals surface area (Å²) in [6, 6.07) is -4.32. The quantitative estimate of drug-likeness (QED) is 0.0155. The number of phenolic OH excluding ortho intramolecular Hbond substituents is 1. The van der Waals surface area contributed by atoms with Crippen LogP contribution in [-0.4, -0.2) is 258 Å². The highest BCUT2D eigenvalue weighted by atomic mass is 33.1. The molecular weight excluding hydrogens is 1630 g/mol. The van der Waals surface area contributed by atoms with Gasteiger partial charge in [-0.25, -0.2) is 0 Å². The Morgan fingerprint density at radius 2 is 1.06 bits per heavy atom. The van der Waals surface area contributed by atoms with Crippen LogP contribution in [0.15, 0.2) is 85.2 Å². The third kappa shape index (κ3) is 29.8. The Balaban J connectivity index is 1.35. The summed E-state index contributed by atoms with van der Waals surface area (Å²) < 4.78 is 0. The van der Waals surface area contributed by atoms with Gasteiger partial charge in [0, 0.05) is 84.4 Å². The lowest BCUT2D eigenvalue weighted by atomic mass is 9.99. The summed E-state index contributed by atoms with van der Waals surface area (Å²) in [5.41, 5.74) is 19.5. The zero-order valence-electron chi connectivity index (χ0n) is 67.8. The number of fused-ring (bicyclic) bond motifs is 3. The molecule has 2 aliphatic rings. The number of nitrogens with two attached hydrogens (primary N) is 3. The van der Waals surface area contributed by atoms with Crippen LogP contribution in [0.2, 0.25) is 0 Å². The van der Waals surface area contributed by atoms with E-state index in [0.717, 1.165) is 22.6 Å². The third-order valence-corrected chi connectivity index (χ3v) is 22.5. The minimum atomic E-state index is -2.14. The van der Waals surface area contributed by atoms with E-state index < -0.39 is 254 Å². The minimum absolute atomic E-state index is 0.0980. The molecular formula is C79H107N19O22S2. The van der Waals surface area contributed by atoms with Crippen molar-refractivity contribution in [2.45, 2.75) is 209 Å². The number of rotatable bonds is 31. The van der Waals surface area contributed by atoms with E-state index in [0.29, 0.717) is 63.1 Å². The van der Waals surface area contributed by atoms with E-state index in [9.17, 15) is 78.0 Å². The molecule has 0 bridgehead atoms. The number of aromatic amines is 2. The summed E-state index contributed by atoms with van der Waals surface area (Å²) in [7, 11) is 1.45. The summed E-state index contributed by atoms with van der Waals surface area (Å²) in [6.45, 7) is 6.35. The summed E-state index contributed by atoms with van der Waals surface area (Å²) in [5, 5.41) is 73.8. The molecule has 15 amide bonds. The molecule has 0 spiro atoms. The SMILES string of the molecule is CC(C)C[C@H]1NC(=O)[C@@H](Cc2c[nH]c3ccccc23)NC(=O)[C@@H](CCC(N)=O)NC(=O)[C@@H](Cc2c[nH]c3ccccc23)NC(=O)[C@@H](CCC(=O)O)NC(=O)[C@H]2CCCN2C(=O)[C@@H](Cc2ccc(O)cc2)NC(=O)[C@@H](CC(=O)O)NC(=O)[C@H](NC(=O)[C@@H](C)NC(=O)CNC(=O)[C@H](N)CCCCN)CSSC[C@H](C(=O)N[C@H](C)C(=O)N[C@H](C)C(=O)O)NC1=O. The van der Waals surface area contributed by atoms with Crippen LogP contribution in [0.5, 0.6) is 5.75 Å². The summed E-state index contributed by atoms with van der Waals surface area (Å²) in [6.07, 6.45) is -0.778. The molecule has 7 rings (SSSR count). The Kier molecular flexibility index (Phi) is 37.3. The first kappa shape index (κ1) is 96.7. The first-order chi connectivity index (χ1) is 57.9. The first-order valence-corrected chi connectivity index (χ1v) is 42.1. The van der Waals surface area contributed by atoms with Crippen LogP contribution in [0.1, 0.15) is 122 Å². The molecule has 3 aromatic carbocycles. The van der Waals surface area contributed by atoms with E-state index >= 15 is 28.8 Å². The maximum Gasteiger partial charge on any atom is 0.325 e. The normalized spacial score (nSPS) is 22.0. The van der Waals surface area contributed by atoms with E-state index in [2.05, 4.69) is 79.1 Å². The highest BCUT2D eigenvalue weighted by molar-refractivity contribution is 8.76. The van der Waals surface area contributed by atoms with Gasteiger partial charge in [-0.3, -0.25) is 86.3 Å². The molecule has 4 heterocycles. The molecule has 43 heteroatoms. The van der Waals surface area contributed by atoms with Crippen molar-refractivity contribution in [2.24, 2.45) is 23.1 Å². The van der Waals surface area contributed by atoms with Crippen LogP contribution < -0.4 is 86.3 Å². The van der Waals surface area contributed by atoms with Gasteiger partial charge in [-0.05, 0) is 119 Å². The monoisotopic (exact) mass is 1740 g/mol. The molecule has 0 saturated carbocycles. The van der Waals surface area contributed by atoms with Crippen molar-refractivity contribution in [1.82, 2.24) is 84.0 Å². The Hall–Kier alpha value is -12.4. The van der Waals surface area contributed by atoms with Crippen LogP contribution in [0.3, 0.4) is 0 Å². The molecule has 2 aromatic heterocycles. The van der Waals surface area contributed by atoms with E-state index in [1.165, 1.54) is 44.3 Å². The molecule has 2 saturated heterocycles. The number of carboxylic acids is 3. The minimum Gasteiger partial charge on any atom is -0.508 e. The Morgan fingerprint density at radius 1 is 0.541 bits per heavy atom. The molecule has 0 aliphatic carbocycles. The number of hydrogen-bond acceptors (Lipinski definition) is 23. The number of aliphatic carboxylic acids is 3. The number of carboxylic acid groups (broad SMARTS) is 3. The molecule has 5 aromatic rings. The lowest BCUT2D eigenvalue weighted by Gasteiger charge is -2.31. The maximum atomic E-state index is 15.3. The average molecular weight is 1740 g/mol. The fraction of sp³-hybridized carbons (Fsp3) is 0.494. The van der Waals surface area contributed by atoms with Crippen molar-refractivity contribution in [3.05, 3.63) is 102 Å². The van der Waals surface area contributed by atoms with Crippen LogP contribution in [-0.2, 0) is 106 Å². The van der Waals surface area contributed by atoms with Gasteiger partial charge in [-0.15, -0.1) is 0 Å². The van der Waals surface area contributed by atoms with Crippen LogP contribution in [0, 0.1) is 5.92 Å². The van der Waals surface area contributed by atoms with Gasteiger partial charge in [-0.1, -0.05) is 90.4 Å². The van der Waals surface area contributed by atoms with Crippen LogP contribution in [0.4, 0.5) is 0 Å². The van der Waals surface area contributed by atoms with Crippen molar-refractivity contribution in [3.8, 4) is 5.75 Å². The number of aromatic hydroxyl groups is 1. The number of H-pyrrole nitrogens is 2. The van der Waals surface area contributed by atoms with E-state index in [1.54, 1.807) is 68.6 Å². The number of phenols is 1. The van der Waals surface area contributed by atoms with Crippen molar-refractivity contribution in [3.63, 3.8) is 0 Å². The highest BCUT2D eigenvalue weighted by Crippen LogP contribution is 2.27. The number of unbranched alkanes of at least 4 members (excludes halogenated alkanes) is 1. The Labute approximate surface area is 708 Å². The fourth-order valence-electron chi connectivity index (χ4n) is 13.4. The molecule has 2 aliphatic heterocycles. The molecule has 0 radical (unpaired) electrons. The number of nitrogens with zero attached hydrogens (tertiary/aromatic N) is 1. The number of amides is 15. The molecule has 662 valence electrons.